The van der Waals surface area contributed by atoms with Crippen LogP contribution in [0.5, 0.6) is 0 Å². The van der Waals surface area contributed by atoms with Crippen LogP contribution < -0.4 is 11.5 Å². The van der Waals surface area contributed by atoms with Crippen LogP contribution in [0.25, 0.3) is 45.0 Å². The smallest absolute Gasteiger partial charge is 0.308 e. The maximum absolute atomic E-state index is 11.1. The molecule has 0 saturated carbocycles. The van der Waals surface area contributed by atoms with Gasteiger partial charge in [-0.3, -0.25) is 28.8 Å². The normalized spacial score (nSPS) is 16.9. The van der Waals surface area contributed by atoms with E-state index >= 15 is 0 Å². The third-order valence-electron chi connectivity index (χ3n) is 14.8. The third-order valence-corrected chi connectivity index (χ3v) is 14.8. The number of oxazole rings is 4. The van der Waals surface area contributed by atoms with Gasteiger partial charge in [0.15, 0.2) is 35.1 Å². The number of ether oxygens (including phenoxy) is 8. The summed E-state index contributed by atoms with van der Waals surface area (Å²) < 4.78 is 62.5. The van der Waals surface area contributed by atoms with Gasteiger partial charge in [-0.05, 0) is 55.4 Å². The highest BCUT2D eigenvalue weighted by Crippen LogP contribution is 2.28. The molecule has 7 heterocycles. The van der Waals surface area contributed by atoms with Gasteiger partial charge in [0.05, 0.1) is 108 Å². The van der Waals surface area contributed by atoms with Crippen molar-refractivity contribution in [3.05, 3.63) is 168 Å². The van der Waals surface area contributed by atoms with Crippen LogP contribution in [0.15, 0.2) is 140 Å². The molecule has 7 unspecified atom stereocenters. The highest BCUT2D eigenvalue weighted by atomic mass is 16.7. The lowest BCUT2D eigenvalue weighted by Crippen LogP contribution is -2.26. The minimum absolute atomic E-state index is 0.00881. The molecule has 576 valence electrons. The summed E-state index contributed by atoms with van der Waals surface area (Å²) in [5.74, 6) is -1.67. The quantitative estimate of drug-likeness (QED) is 0.0231. The Labute approximate surface area is 614 Å². The average Bonchev–Trinajstić information content (AvgIpc) is 1.73. The molecule has 0 bridgehead atoms. The number of aliphatic hydroxyl groups excluding tert-OH is 6. The van der Waals surface area contributed by atoms with Crippen LogP contribution in [0.4, 0.5) is 0 Å². The summed E-state index contributed by atoms with van der Waals surface area (Å²) in [4.78, 5) is 80.6. The van der Waals surface area contributed by atoms with Crippen LogP contribution in [-0.2, 0) is 92.3 Å². The van der Waals surface area contributed by atoms with Gasteiger partial charge < -0.3 is 97.7 Å². The van der Waals surface area contributed by atoms with Gasteiger partial charge in [-0.2, -0.15) is 0 Å². The molecule has 0 spiro atoms. The summed E-state index contributed by atoms with van der Waals surface area (Å²) in [6.07, 6.45) is 3.94. The number of cyclic esters (lactones) is 1. The first-order chi connectivity index (χ1) is 50.1. The zero-order chi connectivity index (χ0) is 78.1. The Morgan fingerprint density at radius 3 is 1.18 bits per heavy atom. The molecule has 11 rings (SSSR count). The van der Waals surface area contributed by atoms with Gasteiger partial charge >= 0.3 is 23.9 Å². The van der Waals surface area contributed by atoms with E-state index in [-0.39, 0.29) is 89.0 Å². The van der Waals surface area contributed by atoms with Crippen molar-refractivity contribution >= 4 is 35.7 Å². The van der Waals surface area contributed by atoms with Crippen molar-refractivity contribution in [2.24, 2.45) is 11.5 Å². The molecule has 3 saturated heterocycles. The highest BCUT2D eigenvalue weighted by molar-refractivity contribution is 5.75. The minimum atomic E-state index is -0.993. The second kappa shape index (κ2) is 43.6. The molecule has 4 aromatic heterocycles. The van der Waals surface area contributed by atoms with E-state index in [1.165, 1.54) is 37.5 Å². The number of aromatic nitrogens is 4. The third kappa shape index (κ3) is 33.9. The molecule has 30 nitrogen and oxygen atoms in total. The van der Waals surface area contributed by atoms with E-state index in [9.17, 15) is 39.0 Å². The summed E-state index contributed by atoms with van der Waals surface area (Å²) in [5.41, 5.74) is 21.4. The number of rotatable bonds is 23. The van der Waals surface area contributed by atoms with Crippen molar-refractivity contribution in [2.75, 3.05) is 46.2 Å². The van der Waals surface area contributed by atoms with Crippen LogP contribution in [0.3, 0.4) is 0 Å². The molecule has 3 fully saturated rings. The summed E-state index contributed by atoms with van der Waals surface area (Å²) in [6.45, 7) is 19.9. The van der Waals surface area contributed by atoms with Gasteiger partial charge in [-0.1, -0.05) is 119 Å². The molecular weight excluding hydrogens is 1380 g/mol. The van der Waals surface area contributed by atoms with E-state index in [1.807, 2.05) is 121 Å². The monoisotopic (exact) mass is 1480 g/mol. The number of benzene rings is 4. The Hall–Kier alpha value is -9.86. The number of carbonyl (C=O) groups excluding carboxylic acids is 6. The fourth-order valence-corrected chi connectivity index (χ4v) is 9.50. The van der Waals surface area contributed by atoms with Gasteiger partial charge in [-0.15, -0.1) is 0 Å². The van der Waals surface area contributed by atoms with Crippen molar-refractivity contribution in [1.29, 1.82) is 0 Å². The summed E-state index contributed by atoms with van der Waals surface area (Å²) in [6, 6.07) is 32.0. The predicted octanol–water partition coefficient (Wildman–Crippen LogP) is 7.22. The Morgan fingerprint density at radius 1 is 0.500 bits per heavy atom. The molecule has 2 amide bonds. The number of hydrogen-bond donors (Lipinski definition) is 8. The molecule has 7 atom stereocenters. The Balaban J connectivity index is 0.000000229. The van der Waals surface area contributed by atoms with Crippen LogP contribution in [0.1, 0.15) is 114 Å². The van der Waals surface area contributed by atoms with Gasteiger partial charge in [0.1, 0.15) is 73.8 Å². The summed E-state index contributed by atoms with van der Waals surface area (Å²) in [7, 11) is 0. The number of carbonyl (C=O) groups is 6. The standard InChI is InChI=1S/C17H19NO5.C16H19NO3.C15H17NO4.C13H15NO3.C7H13NO3.C4H9NO3.C4H6O3/c1-11-4-6-14(7-5-11)16-10-22-17(18-16)8-15(23-13(3)20)9-21-12(2)19;1-11-4-6-12(7-5-11)14-10-18-15(17-14)8-13-9-19-16(2,3)20-13;1-10-3-5-12(6-4-10)14-9-20-15(16-14)7-13(18)8-19-11(2)17;1-9-2-4-10(5-3-9)12-8-17-13(14-12)6-11(16)7-15;1-7(2)10-4-5(11-7)3-6(8)9;5-4(8)1-3(7)2-6;5-3-1-4(6)7-2-3/h4-7,10,15H,8-9H2,1-3H3;4-7,10,13H,8-9H2,1-3H3;3-6,9,13,18H,7-8H2,1-2H3;2-5,8,11,15-16H,6-7H2,1H3;5H,3-4H2,1-2H3,(H2,8,9);3,6-7H,1-2H2,(H2,5,8);3,5H,1-2H2. The van der Waals surface area contributed by atoms with Crippen molar-refractivity contribution in [3.63, 3.8) is 0 Å². The Kier molecular flexibility index (Phi) is 35.7. The predicted molar refractivity (Wildman–Crippen MR) is 382 cm³/mol. The summed E-state index contributed by atoms with van der Waals surface area (Å²) in [5, 5.41) is 52.9. The maximum Gasteiger partial charge on any atom is 0.308 e. The number of esters is 4. The molecule has 0 radical (unpaired) electrons. The molecule has 106 heavy (non-hydrogen) atoms. The number of aliphatic hydroxyl groups is 6. The number of hydrogen-bond acceptors (Lipinski definition) is 28. The van der Waals surface area contributed by atoms with Crippen molar-refractivity contribution in [2.45, 2.75) is 175 Å². The van der Waals surface area contributed by atoms with E-state index in [4.69, 9.17) is 77.0 Å². The number of aryl methyl sites for hydroxylation is 4. The number of primary amides is 2. The van der Waals surface area contributed by atoms with Gasteiger partial charge in [0, 0.05) is 43.0 Å². The van der Waals surface area contributed by atoms with E-state index in [2.05, 4.69) is 61.6 Å². The Morgan fingerprint density at radius 2 is 0.868 bits per heavy atom. The fourth-order valence-electron chi connectivity index (χ4n) is 9.50. The van der Waals surface area contributed by atoms with Crippen LogP contribution in [0, 0.1) is 27.7 Å². The van der Waals surface area contributed by atoms with Gasteiger partial charge in [0.25, 0.3) is 0 Å². The minimum Gasteiger partial charge on any atom is -0.463 e. The second-order valence-corrected chi connectivity index (χ2v) is 25.7. The van der Waals surface area contributed by atoms with Crippen molar-refractivity contribution in [3.8, 4) is 45.0 Å². The first-order valence-corrected chi connectivity index (χ1v) is 33.9. The zero-order valence-electron chi connectivity index (χ0n) is 61.5. The van der Waals surface area contributed by atoms with E-state index in [1.54, 1.807) is 25.1 Å². The van der Waals surface area contributed by atoms with Crippen molar-refractivity contribution < 1.29 is 115 Å². The zero-order valence-corrected chi connectivity index (χ0v) is 61.5. The van der Waals surface area contributed by atoms with Gasteiger partial charge in [-0.25, -0.2) is 19.9 Å². The molecule has 3 aliphatic heterocycles. The first kappa shape index (κ1) is 86.8. The van der Waals surface area contributed by atoms with Crippen LogP contribution >= 0.6 is 0 Å². The van der Waals surface area contributed by atoms with E-state index in [0.717, 1.165) is 44.9 Å². The molecule has 30 heteroatoms. The van der Waals surface area contributed by atoms with Crippen molar-refractivity contribution in [1.82, 2.24) is 19.9 Å². The number of amides is 2. The van der Waals surface area contributed by atoms with E-state index in [0.29, 0.717) is 48.9 Å². The molecular formula is C76H98N6O24. The molecule has 8 aromatic rings. The largest absolute Gasteiger partial charge is 0.463 e. The van der Waals surface area contributed by atoms with E-state index < -0.39 is 72.5 Å². The van der Waals surface area contributed by atoms with Crippen LogP contribution in [0.2, 0.25) is 0 Å². The SMILES string of the molecule is CC(=O)OCC(Cc1nc(-c2ccc(C)cc2)co1)OC(C)=O.CC(=O)OCC(O)Cc1nc(-c2ccc(C)cc2)co1.CC1(C)OCC(CC(N)=O)O1.Cc1ccc(-c2coc(CC(O)CO)n2)cc1.Cc1ccc(-c2coc(CC3COC(C)(C)O3)n2)cc1.NC(=O)CC(O)CO.O=C1CC(O)CO1. The lowest BCUT2D eigenvalue weighted by atomic mass is 10.1. The lowest BCUT2D eigenvalue weighted by Gasteiger charge is -2.16. The number of nitrogens with zero attached hydrogens (tertiary/aromatic N) is 4. The highest BCUT2D eigenvalue weighted by Gasteiger charge is 2.35. The fraction of sp³-hybridized carbons (Fsp3) is 0.447. The summed E-state index contributed by atoms with van der Waals surface area (Å²) >= 11 is 0. The molecule has 3 aliphatic rings. The second-order valence-electron chi connectivity index (χ2n) is 25.7. The topological polar surface area (TPSA) is 454 Å². The first-order valence-electron chi connectivity index (χ1n) is 33.9. The average molecular weight is 1480 g/mol. The maximum atomic E-state index is 11.1. The molecule has 0 aliphatic carbocycles. The molecule has 10 N–H and O–H groups in total. The Bertz CT molecular complexity index is 3960. The van der Waals surface area contributed by atoms with Gasteiger partial charge in [0.2, 0.25) is 11.8 Å². The number of nitrogens with two attached hydrogens (primary N) is 2. The van der Waals surface area contributed by atoms with Crippen LogP contribution in [-0.4, -0.2) is 187 Å². The molecule has 4 aromatic carbocycles. The lowest BCUT2D eigenvalue weighted by molar-refractivity contribution is -0.156.